The molecule has 0 unspecified atom stereocenters. The molecule has 0 bridgehead atoms. The second-order valence-electron chi connectivity index (χ2n) is 3.01. The van der Waals surface area contributed by atoms with Crippen molar-refractivity contribution in [1.29, 1.82) is 0 Å². The minimum absolute atomic E-state index is 0.101. The van der Waals surface area contributed by atoms with E-state index in [1.54, 1.807) is 6.07 Å². The molecule has 0 spiro atoms. The summed E-state index contributed by atoms with van der Waals surface area (Å²) in [4.78, 5) is 17.7. The average molecular weight is 252 g/mol. The Morgan fingerprint density at radius 1 is 1.29 bits per heavy atom. The molecule has 0 amide bonds. The minimum Gasteiger partial charge on any atom is -0.423 e. The molecule has 0 aliphatic carbocycles. The Morgan fingerprint density at radius 3 is 2.59 bits per heavy atom. The first-order valence-electron chi connectivity index (χ1n) is 4.55. The molecule has 1 aromatic heterocycles. The largest absolute Gasteiger partial charge is 0.423 e. The van der Waals surface area contributed by atoms with Gasteiger partial charge < -0.3 is 4.74 Å². The Kier molecular flexibility index (Phi) is 3.15. The van der Waals surface area contributed by atoms with Crippen LogP contribution in [0, 0.1) is 10.1 Å². The molecule has 0 N–H and O–H groups in total. The molecule has 2 aromatic rings. The van der Waals surface area contributed by atoms with Crippen molar-refractivity contribution in [2.45, 2.75) is 0 Å². The molecule has 6 nitrogen and oxygen atoms in total. The van der Waals surface area contributed by atoms with Crippen molar-refractivity contribution in [3.8, 4) is 11.8 Å². The first-order chi connectivity index (χ1) is 8.16. The van der Waals surface area contributed by atoms with Crippen molar-refractivity contribution >= 4 is 17.3 Å². The zero-order valence-electron chi connectivity index (χ0n) is 8.41. The zero-order valence-corrected chi connectivity index (χ0v) is 9.16. The van der Waals surface area contributed by atoms with E-state index in [-0.39, 0.29) is 22.5 Å². The quantitative estimate of drug-likeness (QED) is 0.619. The van der Waals surface area contributed by atoms with Crippen molar-refractivity contribution in [2.75, 3.05) is 0 Å². The third-order valence-corrected chi connectivity index (χ3v) is 2.16. The molecule has 0 aliphatic heterocycles. The second kappa shape index (κ2) is 4.75. The zero-order chi connectivity index (χ0) is 12.3. The van der Waals surface area contributed by atoms with Gasteiger partial charge in [0.05, 0.1) is 9.95 Å². The van der Waals surface area contributed by atoms with Crippen LogP contribution >= 0.6 is 11.6 Å². The smallest absolute Gasteiger partial charge is 0.321 e. The van der Waals surface area contributed by atoms with Gasteiger partial charge in [-0.3, -0.25) is 10.1 Å². The first-order valence-corrected chi connectivity index (χ1v) is 4.93. The highest BCUT2D eigenvalue weighted by molar-refractivity contribution is 6.32. The summed E-state index contributed by atoms with van der Waals surface area (Å²) in [7, 11) is 0. The van der Waals surface area contributed by atoms with E-state index in [2.05, 4.69) is 9.97 Å². The third kappa shape index (κ3) is 2.67. The number of aromatic nitrogens is 2. The fourth-order valence-electron chi connectivity index (χ4n) is 1.12. The van der Waals surface area contributed by atoms with Crippen LogP contribution in [0.15, 0.2) is 36.7 Å². The molecule has 2 rings (SSSR count). The Labute approximate surface area is 101 Å². The average Bonchev–Trinajstić information content (AvgIpc) is 2.33. The summed E-state index contributed by atoms with van der Waals surface area (Å²) in [6, 6.07) is 5.67. The molecule has 86 valence electrons. The Bertz CT molecular complexity index is 548. The van der Waals surface area contributed by atoms with Gasteiger partial charge in [-0.15, -0.1) is 0 Å². The molecule has 0 radical (unpaired) electrons. The molecule has 0 atom stereocenters. The fraction of sp³-hybridized carbons (Fsp3) is 0. The lowest BCUT2D eigenvalue weighted by Gasteiger charge is -2.04. The highest BCUT2D eigenvalue weighted by Crippen LogP contribution is 2.30. The first kappa shape index (κ1) is 11.3. The lowest BCUT2D eigenvalue weighted by molar-refractivity contribution is -0.384. The predicted molar refractivity (Wildman–Crippen MR) is 60.2 cm³/mol. The SMILES string of the molecule is O=[N+]([O-])c1ccc(Oc2ncccn2)c(Cl)c1. The van der Waals surface area contributed by atoms with Gasteiger partial charge in [-0.25, -0.2) is 9.97 Å². The highest BCUT2D eigenvalue weighted by Gasteiger charge is 2.11. The molecular weight excluding hydrogens is 246 g/mol. The van der Waals surface area contributed by atoms with Crippen LogP contribution in [-0.2, 0) is 0 Å². The van der Waals surface area contributed by atoms with Gasteiger partial charge >= 0.3 is 6.01 Å². The molecular formula is C10H6ClN3O3. The summed E-state index contributed by atoms with van der Waals surface area (Å²) >= 11 is 5.84. The van der Waals surface area contributed by atoms with Gasteiger partial charge in [0.2, 0.25) is 0 Å². The number of nitro groups is 1. The van der Waals surface area contributed by atoms with Gasteiger partial charge in [0, 0.05) is 24.5 Å². The molecule has 0 saturated carbocycles. The molecule has 1 aromatic carbocycles. The van der Waals surface area contributed by atoms with E-state index < -0.39 is 4.92 Å². The van der Waals surface area contributed by atoms with Gasteiger partial charge in [0.1, 0.15) is 5.75 Å². The number of nitro benzene ring substituents is 1. The van der Waals surface area contributed by atoms with Crippen molar-refractivity contribution in [2.24, 2.45) is 0 Å². The summed E-state index contributed by atoms with van der Waals surface area (Å²) in [5.41, 5.74) is -0.101. The number of non-ortho nitro benzene ring substituents is 1. The number of ether oxygens (including phenoxy) is 1. The van der Waals surface area contributed by atoms with Crippen molar-refractivity contribution < 1.29 is 9.66 Å². The van der Waals surface area contributed by atoms with Crippen LogP contribution in [0.25, 0.3) is 0 Å². The minimum atomic E-state index is -0.533. The van der Waals surface area contributed by atoms with E-state index in [0.717, 1.165) is 0 Å². The van der Waals surface area contributed by atoms with Crippen LogP contribution in [0.2, 0.25) is 5.02 Å². The Hall–Kier alpha value is -2.21. The van der Waals surface area contributed by atoms with Crippen LogP contribution in [0.3, 0.4) is 0 Å². The predicted octanol–water partition coefficient (Wildman–Crippen LogP) is 2.83. The highest BCUT2D eigenvalue weighted by atomic mass is 35.5. The normalized spacial score (nSPS) is 9.94. The summed E-state index contributed by atoms with van der Waals surface area (Å²) < 4.78 is 5.27. The van der Waals surface area contributed by atoms with Gasteiger partial charge in [-0.2, -0.15) is 0 Å². The van der Waals surface area contributed by atoms with E-state index in [4.69, 9.17) is 16.3 Å². The number of hydrogen-bond acceptors (Lipinski definition) is 5. The topological polar surface area (TPSA) is 78.2 Å². The number of rotatable bonds is 3. The van der Waals surface area contributed by atoms with E-state index in [9.17, 15) is 10.1 Å². The van der Waals surface area contributed by atoms with Crippen LogP contribution in [0.1, 0.15) is 0 Å². The maximum absolute atomic E-state index is 10.5. The number of nitrogens with zero attached hydrogens (tertiary/aromatic N) is 3. The van der Waals surface area contributed by atoms with E-state index in [1.165, 1.54) is 30.6 Å². The monoisotopic (exact) mass is 251 g/mol. The summed E-state index contributed by atoms with van der Waals surface area (Å²) in [6.45, 7) is 0. The Balaban J connectivity index is 2.26. The summed E-state index contributed by atoms with van der Waals surface area (Å²) in [5.74, 6) is 0.267. The lowest BCUT2D eigenvalue weighted by Crippen LogP contribution is -1.92. The maximum atomic E-state index is 10.5. The number of benzene rings is 1. The molecule has 17 heavy (non-hydrogen) atoms. The molecule has 0 aliphatic rings. The third-order valence-electron chi connectivity index (χ3n) is 1.87. The maximum Gasteiger partial charge on any atom is 0.321 e. The van der Waals surface area contributed by atoms with E-state index in [0.29, 0.717) is 0 Å². The van der Waals surface area contributed by atoms with Crippen LogP contribution in [0.4, 0.5) is 5.69 Å². The number of hydrogen-bond donors (Lipinski definition) is 0. The summed E-state index contributed by atoms with van der Waals surface area (Å²) in [5, 5.41) is 10.6. The summed E-state index contributed by atoms with van der Waals surface area (Å²) in [6.07, 6.45) is 3.03. The molecule has 0 saturated heterocycles. The van der Waals surface area contributed by atoms with Crippen molar-refractivity contribution in [3.63, 3.8) is 0 Å². The molecule has 0 fully saturated rings. The van der Waals surface area contributed by atoms with Gasteiger partial charge in [-0.1, -0.05) is 11.6 Å². The molecule has 7 heteroatoms. The number of halogens is 1. The lowest BCUT2D eigenvalue weighted by atomic mass is 10.3. The van der Waals surface area contributed by atoms with E-state index >= 15 is 0 Å². The Morgan fingerprint density at radius 2 is 2.00 bits per heavy atom. The van der Waals surface area contributed by atoms with Crippen LogP contribution in [-0.4, -0.2) is 14.9 Å². The van der Waals surface area contributed by atoms with Crippen LogP contribution < -0.4 is 4.74 Å². The van der Waals surface area contributed by atoms with Gasteiger partial charge in [-0.05, 0) is 12.1 Å². The fourth-order valence-corrected chi connectivity index (χ4v) is 1.34. The van der Waals surface area contributed by atoms with E-state index in [1.807, 2.05) is 0 Å². The van der Waals surface area contributed by atoms with Crippen molar-refractivity contribution in [1.82, 2.24) is 9.97 Å². The standard InChI is InChI=1S/C10H6ClN3O3/c11-8-6-7(14(15)16)2-3-9(8)17-10-12-4-1-5-13-10/h1-6H. The van der Waals surface area contributed by atoms with Crippen LogP contribution in [0.5, 0.6) is 11.8 Å². The molecule has 1 heterocycles. The second-order valence-corrected chi connectivity index (χ2v) is 3.41. The van der Waals surface area contributed by atoms with Gasteiger partial charge in [0.15, 0.2) is 0 Å². The van der Waals surface area contributed by atoms with Crippen molar-refractivity contribution in [3.05, 3.63) is 51.8 Å². The van der Waals surface area contributed by atoms with Gasteiger partial charge in [0.25, 0.3) is 5.69 Å².